The van der Waals surface area contributed by atoms with E-state index in [4.69, 9.17) is 18.9 Å². The Kier molecular flexibility index (Phi) is 13.9. The molecule has 2 N–H and O–H groups in total. The van der Waals surface area contributed by atoms with Crippen LogP contribution in [0.2, 0.25) is 0 Å². The fourth-order valence-electron chi connectivity index (χ4n) is 4.06. The number of aliphatic carboxylic acids is 1. The summed E-state index contributed by atoms with van der Waals surface area (Å²) in [6.07, 6.45) is 0. The highest BCUT2D eigenvalue weighted by atomic mass is 16.5. The Morgan fingerprint density at radius 1 is 0.725 bits per heavy atom. The predicted octanol–water partition coefficient (Wildman–Crippen LogP) is 1.75. The number of ether oxygens (including phenoxy) is 4. The van der Waals surface area contributed by atoms with E-state index in [1.165, 1.54) is 6.07 Å². The van der Waals surface area contributed by atoms with E-state index in [0.29, 0.717) is 104 Å². The first-order valence-corrected chi connectivity index (χ1v) is 13.6. The fraction of sp³-hybridized carbons (Fsp3) is 0.571. The number of carboxylic acids is 2. The lowest BCUT2D eigenvalue weighted by molar-refractivity contribution is -0.138. The minimum absolute atomic E-state index is 0.0248. The number of carboxylic acid groups (broad SMARTS) is 2. The second-order valence-corrected chi connectivity index (χ2v) is 9.43. The highest BCUT2D eigenvalue weighted by Crippen LogP contribution is 2.14. The summed E-state index contributed by atoms with van der Waals surface area (Å²) in [5, 5.41) is 18.5. The number of rotatable bonds is 7. The first kappa shape index (κ1) is 31.5. The van der Waals surface area contributed by atoms with Gasteiger partial charge in [0.2, 0.25) is 0 Å². The predicted molar refractivity (Wildman–Crippen MR) is 145 cm³/mol. The molecule has 0 bridgehead atoms. The number of carbonyl (C=O) groups is 2. The van der Waals surface area contributed by atoms with Crippen molar-refractivity contribution in [3.8, 4) is 0 Å². The van der Waals surface area contributed by atoms with Gasteiger partial charge in [-0.2, -0.15) is 0 Å². The van der Waals surface area contributed by atoms with Crippen molar-refractivity contribution in [3.63, 3.8) is 0 Å². The molecule has 220 valence electrons. The van der Waals surface area contributed by atoms with Crippen molar-refractivity contribution in [1.29, 1.82) is 0 Å². The van der Waals surface area contributed by atoms with Crippen LogP contribution < -0.4 is 0 Å². The normalized spacial score (nSPS) is 18.8. The van der Waals surface area contributed by atoms with Gasteiger partial charge in [-0.05, 0) is 31.2 Å². The number of aromatic nitrogens is 2. The molecule has 0 spiro atoms. The van der Waals surface area contributed by atoms with Gasteiger partial charge in [-0.3, -0.25) is 19.6 Å². The van der Waals surface area contributed by atoms with Crippen LogP contribution in [0.5, 0.6) is 0 Å². The monoisotopic (exact) mass is 560 g/mol. The summed E-state index contributed by atoms with van der Waals surface area (Å²) >= 11 is 0. The minimum atomic E-state index is -1.05. The van der Waals surface area contributed by atoms with Gasteiger partial charge in [-0.1, -0.05) is 12.1 Å². The molecule has 1 fully saturated rings. The van der Waals surface area contributed by atoms with Gasteiger partial charge in [-0.25, -0.2) is 9.78 Å². The molecule has 2 aromatic rings. The quantitative estimate of drug-likeness (QED) is 0.509. The summed E-state index contributed by atoms with van der Waals surface area (Å²) in [6, 6.07) is 10.5. The van der Waals surface area contributed by atoms with Crippen LogP contribution in [0.15, 0.2) is 36.4 Å². The topological polar surface area (TPSA) is 144 Å². The van der Waals surface area contributed by atoms with Crippen LogP contribution in [0, 0.1) is 0 Å². The van der Waals surface area contributed by atoms with Gasteiger partial charge in [-0.15, -0.1) is 0 Å². The van der Waals surface area contributed by atoms with E-state index < -0.39 is 17.9 Å². The molecule has 40 heavy (non-hydrogen) atoms. The average Bonchev–Trinajstić information content (AvgIpc) is 2.94. The van der Waals surface area contributed by atoms with E-state index in [0.717, 1.165) is 5.69 Å². The van der Waals surface area contributed by atoms with Gasteiger partial charge in [0, 0.05) is 39.3 Å². The molecule has 0 radical (unpaired) electrons. The van der Waals surface area contributed by atoms with Crippen LogP contribution in [0.3, 0.4) is 0 Å². The maximum Gasteiger partial charge on any atom is 0.354 e. The zero-order chi connectivity index (χ0) is 28.6. The SMILES string of the molecule is CC(C(=O)O)c1cccc(CN2CCOCCOCCN(Cc3cccc(C(=O)O)n3)CCOCCOCC2)n1. The number of pyridine rings is 2. The summed E-state index contributed by atoms with van der Waals surface area (Å²) in [4.78, 5) is 35.7. The Balaban J connectivity index is 1.49. The zero-order valence-electron chi connectivity index (χ0n) is 23.1. The third-order valence-electron chi connectivity index (χ3n) is 6.39. The van der Waals surface area contributed by atoms with Crippen molar-refractivity contribution in [3.05, 3.63) is 59.2 Å². The summed E-state index contributed by atoms with van der Waals surface area (Å²) in [5.74, 6) is -2.62. The molecule has 1 atom stereocenters. The van der Waals surface area contributed by atoms with E-state index in [9.17, 15) is 19.8 Å². The van der Waals surface area contributed by atoms with E-state index in [1.54, 1.807) is 19.1 Å². The van der Waals surface area contributed by atoms with Gasteiger partial charge in [0.15, 0.2) is 0 Å². The molecule has 3 heterocycles. The zero-order valence-corrected chi connectivity index (χ0v) is 23.1. The molecule has 0 aromatic carbocycles. The molecule has 1 aliphatic heterocycles. The molecule has 12 nitrogen and oxygen atoms in total. The van der Waals surface area contributed by atoms with Crippen LogP contribution in [0.4, 0.5) is 0 Å². The molecule has 2 aromatic heterocycles. The Morgan fingerprint density at radius 3 is 1.62 bits per heavy atom. The molecule has 3 rings (SSSR count). The number of aromatic carboxylic acids is 1. The van der Waals surface area contributed by atoms with Crippen LogP contribution in [-0.2, 0) is 36.8 Å². The summed E-state index contributed by atoms with van der Waals surface area (Å²) < 4.78 is 23.1. The molecule has 12 heteroatoms. The summed E-state index contributed by atoms with van der Waals surface area (Å²) in [5.41, 5.74) is 2.04. The molecule has 1 saturated heterocycles. The van der Waals surface area contributed by atoms with Crippen molar-refractivity contribution >= 4 is 11.9 Å². The van der Waals surface area contributed by atoms with Gasteiger partial charge >= 0.3 is 11.9 Å². The smallest absolute Gasteiger partial charge is 0.354 e. The van der Waals surface area contributed by atoms with Gasteiger partial charge in [0.25, 0.3) is 0 Å². The molecule has 1 aliphatic rings. The average molecular weight is 561 g/mol. The lowest BCUT2D eigenvalue weighted by atomic mass is 10.1. The summed E-state index contributed by atoms with van der Waals surface area (Å²) in [6.45, 7) is 9.11. The second-order valence-electron chi connectivity index (χ2n) is 9.43. The lowest BCUT2D eigenvalue weighted by Gasteiger charge is -2.23. The number of hydrogen-bond donors (Lipinski definition) is 2. The van der Waals surface area contributed by atoms with Crippen molar-refractivity contribution in [1.82, 2.24) is 19.8 Å². The van der Waals surface area contributed by atoms with Crippen molar-refractivity contribution in [2.24, 2.45) is 0 Å². The van der Waals surface area contributed by atoms with Gasteiger partial charge in [0.1, 0.15) is 5.69 Å². The van der Waals surface area contributed by atoms with Crippen molar-refractivity contribution in [2.45, 2.75) is 25.9 Å². The van der Waals surface area contributed by atoms with Crippen LogP contribution >= 0.6 is 0 Å². The van der Waals surface area contributed by atoms with E-state index in [-0.39, 0.29) is 5.69 Å². The summed E-state index contributed by atoms with van der Waals surface area (Å²) in [7, 11) is 0. The standard InChI is InChI=1S/C28H40N4O8/c1-22(27(33)34)25-6-2-4-23(29-25)20-31-8-12-37-16-18-39-14-10-32(11-15-40-19-17-38-13-9-31)21-24-5-3-7-26(30-24)28(35)36/h2-7,22H,8-21H2,1H3,(H,33,34)(H,35,36). The Hall–Kier alpha value is -3.00. The van der Waals surface area contributed by atoms with Crippen LogP contribution in [0.25, 0.3) is 0 Å². The van der Waals surface area contributed by atoms with E-state index in [2.05, 4.69) is 19.8 Å². The van der Waals surface area contributed by atoms with Crippen molar-refractivity contribution in [2.75, 3.05) is 79.0 Å². The number of hydrogen-bond acceptors (Lipinski definition) is 10. The largest absolute Gasteiger partial charge is 0.481 e. The minimum Gasteiger partial charge on any atom is -0.481 e. The third kappa shape index (κ3) is 11.6. The van der Waals surface area contributed by atoms with E-state index >= 15 is 0 Å². The molecular formula is C28H40N4O8. The molecule has 0 aliphatic carbocycles. The number of nitrogens with zero attached hydrogens (tertiary/aromatic N) is 4. The molecular weight excluding hydrogens is 520 g/mol. The molecule has 0 amide bonds. The molecule has 0 saturated carbocycles. The fourth-order valence-corrected chi connectivity index (χ4v) is 4.06. The highest BCUT2D eigenvalue weighted by Gasteiger charge is 2.16. The van der Waals surface area contributed by atoms with Gasteiger partial charge in [0.05, 0.1) is 75.9 Å². The Labute approximate surface area is 234 Å². The first-order chi connectivity index (χ1) is 19.4. The Morgan fingerprint density at radius 2 is 1.18 bits per heavy atom. The van der Waals surface area contributed by atoms with Crippen LogP contribution in [-0.4, -0.2) is 121 Å². The second kappa shape index (κ2) is 17.6. The maximum absolute atomic E-state index is 11.4. The maximum atomic E-state index is 11.4. The highest BCUT2D eigenvalue weighted by molar-refractivity contribution is 5.85. The van der Waals surface area contributed by atoms with Gasteiger partial charge < -0.3 is 29.2 Å². The lowest BCUT2D eigenvalue weighted by Crippen LogP contribution is -2.33. The van der Waals surface area contributed by atoms with E-state index in [1.807, 2.05) is 18.2 Å². The molecule has 1 unspecified atom stereocenters. The first-order valence-electron chi connectivity index (χ1n) is 13.6. The Bertz CT molecular complexity index is 1040. The third-order valence-corrected chi connectivity index (χ3v) is 6.39. The van der Waals surface area contributed by atoms with Crippen LogP contribution in [0.1, 0.15) is 40.4 Å². The van der Waals surface area contributed by atoms with Crippen molar-refractivity contribution < 1.29 is 38.7 Å².